The molecule has 0 atom stereocenters. The Labute approximate surface area is 203 Å². The highest BCUT2D eigenvalue weighted by atomic mass is 32.1. The van der Waals surface area contributed by atoms with Crippen molar-refractivity contribution in [1.29, 1.82) is 0 Å². The molecule has 2 aromatic heterocycles. The Balaban J connectivity index is 1.48. The van der Waals surface area contributed by atoms with E-state index in [-0.39, 0.29) is 0 Å². The van der Waals surface area contributed by atoms with Gasteiger partial charge in [-0.3, -0.25) is 9.97 Å². The van der Waals surface area contributed by atoms with Crippen molar-refractivity contribution in [3.63, 3.8) is 0 Å². The second-order valence-corrected chi connectivity index (χ2v) is 9.60. The molecule has 0 aromatic carbocycles. The molecule has 7 heterocycles. The van der Waals surface area contributed by atoms with Crippen LogP contribution in [0.1, 0.15) is 9.75 Å². The van der Waals surface area contributed by atoms with Crippen molar-refractivity contribution in [3.05, 3.63) is 117 Å². The molecule has 0 saturated carbocycles. The molecule has 5 aliphatic heterocycles. The van der Waals surface area contributed by atoms with Crippen molar-refractivity contribution in [2.45, 2.75) is 0 Å². The van der Waals surface area contributed by atoms with Gasteiger partial charge in [-0.2, -0.15) is 0 Å². The van der Waals surface area contributed by atoms with Crippen molar-refractivity contribution in [3.8, 4) is 0 Å². The largest absolute Gasteiger partial charge is 0.252 e. The third-order valence-electron chi connectivity index (χ3n) is 5.57. The van der Waals surface area contributed by atoms with Crippen LogP contribution in [-0.4, -0.2) is 32.8 Å². The summed E-state index contributed by atoms with van der Waals surface area (Å²) in [5.41, 5.74) is 12.6. The maximum Gasteiger partial charge on any atom is 0.0797 e. The molecular weight excluding hydrogens is 460 g/mol. The van der Waals surface area contributed by atoms with Gasteiger partial charge in [-0.1, -0.05) is 0 Å². The molecule has 0 unspecified atom stereocenters. The van der Waals surface area contributed by atoms with Gasteiger partial charge < -0.3 is 0 Å². The van der Waals surface area contributed by atoms with Crippen LogP contribution < -0.4 is 0 Å². The highest BCUT2D eigenvalue weighted by molar-refractivity contribution is 7.12. The summed E-state index contributed by atoms with van der Waals surface area (Å²) in [4.78, 5) is 30.1. The first-order valence-electron chi connectivity index (χ1n) is 10.6. The Morgan fingerprint density at radius 1 is 0.500 bits per heavy atom. The molecule has 0 N–H and O–H groups in total. The lowest BCUT2D eigenvalue weighted by Crippen LogP contribution is -1.96. The third-order valence-corrected chi connectivity index (χ3v) is 7.15. The smallest absolute Gasteiger partial charge is 0.0797 e. The fourth-order valence-electron chi connectivity index (χ4n) is 4.13. The first-order valence-corrected chi connectivity index (χ1v) is 12.3. The average molecular weight is 475 g/mol. The molecule has 2 aromatic rings. The Hall–Kier alpha value is -4.14. The second kappa shape index (κ2) is 7.72. The Morgan fingerprint density at radius 3 is 1.59 bits per heavy atom. The van der Waals surface area contributed by atoms with E-state index in [2.05, 4.69) is 15.0 Å². The van der Waals surface area contributed by atoms with Crippen LogP contribution in [-0.2, 0) is 0 Å². The molecule has 0 fully saturated rings. The van der Waals surface area contributed by atoms with Gasteiger partial charge in [0.1, 0.15) is 0 Å². The molecule has 5 aliphatic rings. The van der Waals surface area contributed by atoms with Gasteiger partial charge in [0.05, 0.1) is 66.4 Å². The number of hydrogen-bond donors (Lipinski definition) is 0. The fourth-order valence-corrected chi connectivity index (χ4v) is 5.50. The molecular formula is C26H14N6S2. The number of fused-ring (bicyclic) bond motifs is 4. The maximum absolute atomic E-state index is 5.06. The SMILES string of the molecule is C1=CC2=NC1=CC1=NC(=CC3=NC(=CC4=NC(=C2)C=C4)C(c2cncs2)=C3c2cncs2)C=C1. The first kappa shape index (κ1) is 19.3. The van der Waals surface area contributed by atoms with Crippen molar-refractivity contribution in [2.75, 3.05) is 0 Å². The van der Waals surface area contributed by atoms with E-state index in [0.717, 1.165) is 66.5 Å². The number of nitrogens with zero attached hydrogens (tertiary/aromatic N) is 6. The number of thiazole rings is 2. The molecule has 160 valence electrons. The van der Waals surface area contributed by atoms with Gasteiger partial charge in [-0.05, 0) is 60.8 Å². The van der Waals surface area contributed by atoms with Crippen molar-refractivity contribution in [1.82, 2.24) is 9.97 Å². The predicted molar refractivity (Wildman–Crippen MR) is 141 cm³/mol. The van der Waals surface area contributed by atoms with Gasteiger partial charge in [0.2, 0.25) is 0 Å². The minimum Gasteiger partial charge on any atom is -0.252 e. The van der Waals surface area contributed by atoms with E-state index in [4.69, 9.17) is 15.0 Å². The zero-order chi connectivity index (χ0) is 22.5. The number of allylic oxidation sites excluding steroid dienone is 12. The average Bonchev–Trinajstić information content (AvgIpc) is 3.65. The quantitative estimate of drug-likeness (QED) is 0.573. The van der Waals surface area contributed by atoms with E-state index in [9.17, 15) is 0 Å². The summed E-state index contributed by atoms with van der Waals surface area (Å²) in [6.07, 6.45) is 23.8. The fraction of sp³-hybridized carbons (Fsp3) is 0. The standard InChI is InChI=1S/C26H14N6S2/c1-2-16-8-18-4-6-20(31-18)10-22-26(24-12-28-14-34-24)25(23-11-27-13-33-23)21(32-22)9-19-5-3-17(30-19)7-15(1)29-16/h1-14H. The summed E-state index contributed by atoms with van der Waals surface area (Å²) in [6, 6.07) is 0. The topological polar surface area (TPSA) is 75.2 Å². The maximum atomic E-state index is 5.06. The lowest BCUT2D eigenvalue weighted by Gasteiger charge is -2.05. The van der Waals surface area contributed by atoms with E-state index in [1.165, 1.54) is 0 Å². The molecule has 0 spiro atoms. The molecule has 34 heavy (non-hydrogen) atoms. The summed E-state index contributed by atoms with van der Waals surface area (Å²) in [5.74, 6) is 0. The van der Waals surface area contributed by atoms with Crippen LogP contribution in [0.15, 0.2) is 127 Å². The van der Waals surface area contributed by atoms with Gasteiger partial charge in [0.25, 0.3) is 0 Å². The van der Waals surface area contributed by atoms with Crippen LogP contribution in [0, 0.1) is 0 Å². The van der Waals surface area contributed by atoms with Gasteiger partial charge in [0, 0.05) is 23.5 Å². The number of aliphatic imine (C=N–C) groups is 4. The molecule has 0 saturated heterocycles. The molecule has 8 bridgehead atoms. The van der Waals surface area contributed by atoms with Crippen LogP contribution in [0.2, 0.25) is 0 Å². The Bertz CT molecular complexity index is 1610. The first-order chi connectivity index (χ1) is 16.8. The van der Waals surface area contributed by atoms with Crippen LogP contribution >= 0.6 is 22.7 Å². The van der Waals surface area contributed by atoms with Crippen molar-refractivity contribution in [2.24, 2.45) is 20.0 Å². The summed E-state index contributed by atoms with van der Waals surface area (Å²) < 4.78 is 0. The summed E-state index contributed by atoms with van der Waals surface area (Å²) in [6.45, 7) is 0. The third kappa shape index (κ3) is 3.40. The van der Waals surface area contributed by atoms with E-state index < -0.39 is 0 Å². The van der Waals surface area contributed by atoms with Crippen LogP contribution in [0.3, 0.4) is 0 Å². The van der Waals surface area contributed by atoms with Gasteiger partial charge >= 0.3 is 0 Å². The van der Waals surface area contributed by atoms with Crippen molar-refractivity contribution >= 4 is 56.7 Å². The number of aromatic nitrogens is 2. The zero-order valence-corrected chi connectivity index (χ0v) is 19.2. The highest BCUT2D eigenvalue weighted by Crippen LogP contribution is 2.42. The van der Waals surface area contributed by atoms with E-state index in [0.29, 0.717) is 0 Å². The van der Waals surface area contributed by atoms with Gasteiger partial charge in [-0.15, -0.1) is 22.7 Å². The predicted octanol–water partition coefficient (Wildman–Crippen LogP) is 5.55. The van der Waals surface area contributed by atoms with Gasteiger partial charge in [-0.25, -0.2) is 20.0 Å². The summed E-state index contributed by atoms with van der Waals surface area (Å²) >= 11 is 3.19. The van der Waals surface area contributed by atoms with E-state index in [1.54, 1.807) is 22.7 Å². The molecule has 0 radical (unpaired) electrons. The minimum absolute atomic E-state index is 0.844. The molecule has 8 heteroatoms. The molecule has 0 aliphatic carbocycles. The van der Waals surface area contributed by atoms with E-state index in [1.807, 2.05) is 84.2 Å². The second-order valence-electron chi connectivity index (χ2n) is 7.83. The number of rotatable bonds is 2. The van der Waals surface area contributed by atoms with Crippen LogP contribution in [0.25, 0.3) is 11.1 Å². The lowest BCUT2D eigenvalue weighted by atomic mass is 10.0. The van der Waals surface area contributed by atoms with E-state index >= 15 is 0 Å². The molecule has 7 rings (SSSR count). The summed E-state index contributed by atoms with van der Waals surface area (Å²) in [5, 5.41) is 0. The zero-order valence-electron chi connectivity index (χ0n) is 17.6. The molecule has 6 nitrogen and oxygen atoms in total. The Morgan fingerprint density at radius 2 is 1.03 bits per heavy atom. The lowest BCUT2D eigenvalue weighted by molar-refractivity contribution is 1.40. The Kier molecular flexibility index (Phi) is 4.39. The highest BCUT2D eigenvalue weighted by Gasteiger charge is 2.28. The normalized spacial score (nSPS) is 20.1. The minimum atomic E-state index is 0.844. The van der Waals surface area contributed by atoms with Gasteiger partial charge in [0.15, 0.2) is 0 Å². The van der Waals surface area contributed by atoms with Crippen molar-refractivity contribution < 1.29 is 0 Å². The van der Waals surface area contributed by atoms with Crippen LogP contribution in [0.5, 0.6) is 0 Å². The summed E-state index contributed by atoms with van der Waals surface area (Å²) in [7, 11) is 0. The monoisotopic (exact) mass is 474 g/mol. The number of hydrogen-bond acceptors (Lipinski definition) is 8. The molecule has 0 amide bonds. The van der Waals surface area contributed by atoms with Crippen LogP contribution in [0.4, 0.5) is 0 Å².